The van der Waals surface area contributed by atoms with Crippen molar-refractivity contribution in [2.75, 3.05) is 5.32 Å². The highest BCUT2D eigenvalue weighted by atomic mass is 32.1. The van der Waals surface area contributed by atoms with Gasteiger partial charge in [-0.05, 0) is 36.1 Å². The molecule has 1 amide bonds. The van der Waals surface area contributed by atoms with Gasteiger partial charge in [-0.3, -0.25) is 14.2 Å². The van der Waals surface area contributed by atoms with E-state index in [2.05, 4.69) is 10.3 Å². The predicted octanol–water partition coefficient (Wildman–Crippen LogP) is 2.93. The zero-order valence-electron chi connectivity index (χ0n) is 12.4. The minimum absolute atomic E-state index is 0.104. The summed E-state index contributed by atoms with van der Waals surface area (Å²) in [7, 11) is 0. The van der Waals surface area contributed by atoms with Crippen LogP contribution in [0.4, 0.5) is 10.1 Å². The number of nitrogens with one attached hydrogen (secondary N) is 1. The van der Waals surface area contributed by atoms with E-state index in [4.69, 9.17) is 0 Å². The van der Waals surface area contributed by atoms with Crippen molar-refractivity contribution in [3.63, 3.8) is 0 Å². The Morgan fingerprint density at radius 2 is 2.22 bits per heavy atom. The highest BCUT2D eigenvalue weighted by Gasteiger charge is 2.09. The summed E-state index contributed by atoms with van der Waals surface area (Å²) in [5.41, 5.74) is 1.05. The molecule has 0 aliphatic heterocycles. The molecule has 3 aromatic rings. The largest absolute Gasteiger partial charge is 0.326 e. The van der Waals surface area contributed by atoms with Crippen LogP contribution in [-0.4, -0.2) is 15.5 Å². The number of hydrogen-bond acceptors (Lipinski definition) is 4. The van der Waals surface area contributed by atoms with Crippen molar-refractivity contribution in [3.05, 3.63) is 57.7 Å². The van der Waals surface area contributed by atoms with Crippen molar-refractivity contribution in [2.24, 2.45) is 0 Å². The standard InChI is InChI=1S/C16H14FN3O2S/c1-10-2-3-11(17)8-13(10)19-14(21)4-6-20-9-18-15-12(16(20)22)5-7-23-15/h2-3,5,7-9H,4,6H2,1H3,(H,19,21). The number of carbonyl (C=O) groups is 1. The number of rotatable bonds is 4. The molecule has 23 heavy (non-hydrogen) atoms. The second kappa shape index (κ2) is 6.29. The van der Waals surface area contributed by atoms with E-state index in [0.29, 0.717) is 15.9 Å². The van der Waals surface area contributed by atoms with Gasteiger partial charge < -0.3 is 5.32 Å². The summed E-state index contributed by atoms with van der Waals surface area (Å²) in [5.74, 6) is -0.690. The van der Waals surface area contributed by atoms with Gasteiger partial charge in [0, 0.05) is 18.7 Å². The van der Waals surface area contributed by atoms with Crippen molar-refractivity contribution in [1.29, 1.82) is 0 Å². The van der Waals surface area contributed by atoms with E-state index in [0.717, 1.165) is 5.56 Å². The molecular formula is C16H14FN3O2S. The van der Waals surface area contributed by atoms with E-state index in [1.807, 2.05) is 5.38 Å². The van der Waals surface area contributed by atoms with Gasteiger partial charge in [0.1, 0.15) is 10.6 Å². The number of anilines is 1. The van der Waals surface area contributed by atoms with E-state index >= 15 is 0 Å². The number of nitrogens with zero attached hydrogens (tertiary/aromatic N) is 2. The molecular weight excluding hydrogens is 317 g/mol. The molecule has 0 saturated heterocycles. The van der Waals surface area contributed by atoms with Crippen LogP contribution in [0.25, 0.3) is 10.2 Å². The highest BCUT2D eigenvalue weighted by Crippen LogP contribution is 2.16. The predicted molar refractivity (Wildman–Crippen MR) is 88.3 cm³/mol. The maximum absolute atomic E-state index is 13.2. The summed E-state index contributed by atoms with van der Waals surface area (Å²) >= 11 is 1.40. The Labute approximate surface area is 135 Å². The van der Waals surface area contributed by atoms with Crippen LogP contribution in [-0.2, 0) is 11.3 Å². The second-order valence-electron chi connectivity index (χ2n) is 5.14. The van der Waals surface area contributed by atoms with Gasteiger partial charge in [0.05, 0.1) is 11.7 Å². The summed E-state index contributed by atoms with van der Waals surface area (Å²) < 4.78 is 14.6. The first-order valence-corrected chi connectivity index (χ1v) is 7.91. The topological polar surface area (TPSA) is 64.0 Å². The number of aromatic nitrogens is 2. The maximum atomic E-state index is 13.2. The first-order valence-electron chi connectivity index (χ1n) is 7.03. The lowest BCUT2D eigenvalue weighted by atomic mass is 10.2. The van der Waals surface area contributed by atoms with Crippen LogP contribution < -0.4 is 10.9 Å². The van der Waals surface area contributed by atoms with Crippen molar-refractivity contribution >= 4 is 33.1 Å². The van der Waals surface area contributed by atoms with Crippen LogP contribution in [0, 0.1) is 12.7 Å². The Morgan fingerprint density at radius 1 is 1.39 bits per heavy atom. The second-order valence-corrected chi connectivity index (χ2v) is 6.03. The molecule has 7 heteroatoms. The van der Waals surface area contributed by atoms with Gasteiger partial charge in [-0.25, -0.2) is 9.37 Å². The van der Waals surface area contributed by atoms with E-state index in [1.165, 1.54) is 34.4 Å². The molecule has 0 fully saturated rings. The maximum Gasteiger partial charge on any atom is 0.262 e. The Morgan fingerprint density at radius 3 is 3.04 bits per heavy atom. The molecule has 2 aromatic heterocycles. The quantitative estimate of drug-likeness (QED) is 0.799. The van der Waals surface area contributed by atoms with Crippen LogP contribution >= 0.6 is 11.3 Å². The number of fused-ring (bicyclic) bond motifs is 1. The number of hydrogen-bond donors (Lipinski definition) is 1. The number of benzene rings is 1. The van der Waals surface area contributed by atoms with Crippen molar-refractivity contribution in [2.45, 2.75) is 19.9 Å². The first-order chi connectivity index (χ1) is 11.0. The van der Waals surface area contributed by atoms with Crippen molar-refractivity contribution in [1.82, 2.24) is 9.55 Å². The number of thiophene rings is 1. The SMILES string of the molecule is Cc1ccc(F)cc1NC(=O)CCn1cnc2sccc2c1=O. The molecule has 2 heterocycles. The fraction of sp³-hybridized carbons (Fsp3) is 0.188. The first kappa shape index (κ1) is 15.4. The van der Waals surface area contributed by atoms with Crippen LogP contribution in [0.2, 0.25) is 0 Å². The molecule has 0 spiro atoms. The molecule has 0 atom stereocenters. The molecule has 1 N–H and O–H groups in total. The fourth-order valence-electron chi connectivity index (χ4n) is 2.22. The van der Waals surface area contributed by atoms with E-state index in [1.54, 1.807) is 19.1 Å². The van der Waals surface area contributed by atoms with Crippen LogP contribution in [0.5, 0.6) is 0 Å². The van der Waals surface area contributed by atoms with Crippen LogP contribution in [0.15, 0.2) is 40.8 Å². The summed E-state index contributed by atoms with van der Waals surface area (Å²) in [4.78, 5) is 29.1. The zero-order valence-corrected chi connectivity index (χ0v) is 13.2. The lowest BCUT2D eigenvalue weighted by molar-refractivity contribution is -0.116. The van der Waals surface area contributed by atoms with Gasteiger partial charge in [-0.1, -0.05) is 6.07 Å². The summed E-state index contributed by atoms with van der Waals surface area (Å²) in [6.07, 6.45) is 1.55. The van der Waals surface area contributed by atoms with Gasteiger partial charge >= 0.3 is 0 Å². The molecule has 0 radical (unpaired) electrons. The van der Waals surface area contributed by atoms with E-state index in [-0.39, 0.29) is 24.4 Å². The van der Waals surface area contributed by atoms with Crippen molar-refractivity contribution in [3.8, 4) is 0 Å². The van der Waals surface area contributed by atoms with Gasteiger partial charge in [0.2, 0.25) is 5.91 Å². The Bertz CT molecular complexity index is 932. The van der Waals surface area contributed by atoms with Crippen molar-refractivity contribution < 1.29 is 9.18 Å². The lowest BCUT2D eigenvalue weighted by Gasteiger charge is -2.09. The van der Waals surface area contributed by atoms with Crippen LogP contribution in [0.1, 0.15) is 12.0 Å². The fourth-order valence-corrected chi connectivity index (χ4v) is 2.94. The Balaban J connectivity index is 1.69. The van der Waals surface area contributed by atoms with Gasteiger partial charge in [0.25, 0.3) is 5.56 Å². The number of carbonyl (C=O) groups excluding carboxylic acids is 1. The summed E-state index contributed by atoms with van der Waals surface area (Å²) in [6.45, 7) is 2.01. The third-order valence-electron chi connectivity index (χ3n) is 3.50. The molecule has 1 aromatic carbocycles. The molecule has 0 saturated carbocycles. The third-order valence-corrected chi connectivity index (χ3v) is 4.32. The van der Waals surface area contributed by atoms with E-state index in [9.17, 15) is 14.0 Å². The zero-order chi connectivity index (χ0) is 16.4. The lowest BCUT2D eigenvalue weighted by Crippen LogP contribution is -2.23. The summed E-state index contributed by atoms with van der Waals surface area (Å²) in [5, 5.41) is 5.02. The smallest absolute Gasteiger partial charge is 0.262 e. The van der Waals surface area contributed by atoms with Gasteiger partial charge in [0.15, 0.2) is 0 Å². The molecule has 0 bridgehead atoms. The number of halogens is 1. The monoisotopic (exact) mass is 331 g/mol. The number of aryl methyl sites for hydroxylation is 2. The molecule has 3 rings (SSSR count). The summed E-state index contributed by atoms with van der Waals surface area (Å²) in [6, 6.07) is 5.94. The highest BCUT2D eigenvalue weighted by molar-refractivity contribution is 7.16. The Hall–Kier alpha value is -2.54. The average molecular weight is 331 g/mol. The van der Waals surface area contributed by atoms with Crippen LogP contribution in [0.3, 0.4) is 0 Å². The van der Waals surface area contributed by atoms with E-state index < -0.39 is 5.82 Å². The van der Waals surface area contributed by atoms with Gasteiger partial charge in [-0.15, -0.1) is 11.3 Å². The normalized spacial score (nSPS) is 10.9. The molecule has 0 aliphatic rings. The average Bonchev–Trinajstić information content (AvgIpc) is 3.00. The molecule has 0 unspecified atom stereocenters. The molecule has 5 nitrogen and oxygen atoms in total. The minimum atomic E-state index is -0.408. The molecule has 118 valence electrons. The number of amides is 1. The third kappa shape index (κ3) is 3.29. The van der Waals surface area contributed by atoms with Gasteiger partial charge in [-0.2, -0.15) is 0 Å². The molecule has 0 aliphatic carbocycles. The minimum Gasteiger partial charge on any atom is -0.326 e. The Kier molecular flexibility index (Phi) is 4.20.